The highest BCUT2D eigenvalue weighted by Gasteiger charge is 2.11. The second kappa shape index (κ2) is 4.91. The highest BCUT2D eigenvalue weighted by Crippen LogP contribution is 2.25. The lowest BCUT2D eigenvalue weighted by Crippen LogP contribution is -2.09. The van der Waals surface area contributed by atoms with Gasteiger partial charge in [-0.15, -0.1) is 0 Å². The lowest BCUT2D eigenvalue weighted by atomic mass is 10.1. The van der Waals surface area contributed by atoms with E-state index in [0.717, 1.165) is 0 Å². The molecule has 1 aromatic carbocycles. The molecule has 1 atom stereocenters. The number of benzene rings is 1. The molecule has 0 heterocycles. The molecular weight excluding hydrogens is 216 g/mol. The zero-order chi connectivity index (χ0) is 11.4. The molecule has 0 bridgehead atoms. The number of nitro groups is 1. The van der Waals surface area contributed by atoms with Crippen LogP contribution >= 0.6 is 11.6 Å². The molecule has 1 unspecified atom stereocenters. The van der Waals surface area contributed by atoms with Gasteiger partial charge in [0.05, 0.1) is 4.92 Å². The average Bonchev–Trinajstić information content (AvgIpc) is 2.16. The Hall–Kier alpha value is -1.39. The molecule has 0 saturated heterocycles. The van der Waals surface area contributed by atoms with E-state index in [1.807, 2.05) is 6.92 Å². The van der Waals surface area contributed by atoms with Crippen LogP contribution < -0.4 is 5.73 Å². The molecule has 0 aliphatic carbocycles. The fraction of sp³-hybridized carbons (Fsp3) is 0.200. The van der Waals surface area contributed by atoms with Crippen molar-refractivity contribution in [1.82, 2.24) is 0 Å². The van der Waals surface area contributed by atoms with Gasteiger partial charge in [0, 0.05) is 12.1 Å². The van der Waals surface area contributed by atoms with Gasteiger partial charge in [-0.1, -0.05) is 29.8 Å². The van der Waals surface area contributed by atoms with Crippen LogP contribution in [0.2, 0.25) is 5.02 Å². The molecule has 0 saturated carbocycles. The molecule has 15 heavy (non-hydrogen) atoms. The number of rotatable bonds is 3. The summed E-state index contributed by atoms with van der Waals surface area (Å²) in [7, 11) is 0. The van der Waals surface area contributed by atoms with Gasteiger partial charge >= 0.3 is 0 Å². The third-order valence-electron chi connectivity index (χ3n) is 1.76. The molecule has 0 radical (unpaired) electrons. The summed E-state index contributed by atoms with van der Waals surface area (Å²) in [6, 6.07) is 4.54. The maximum atomic E-state index is 10.6. The molecule has 4 nitrogen and oxygen atoms in total. The van der Waals surface area contributed by atoms with Crippen LogP contribution in [0.3, 0.4) is 0 Å². The van der Waals surface area contributed by atoms with Crippen molar-refractivity contribution in [3.63, 3.8) is 0 Å². The van der Waals surface area contributed by atoms with Gasteiger partial charge in [0.25, 0.3) is 5.69 Å². The largest absolute Gasteiger partial charge is 0.325 e. The summed E-state index contributed by atoms with van der Waals surface area (Å²) in [5.74, 6) is 0. The van der Waals surface area contributed by atoms with E-state index in [-0.39, 0.29) is 16.8 Å². The van der Waals surface area contributed by atoms with Crippen LogP contribution in [0.15, 0.2) is 24.3 Å². The number of hydrogen-bond donors (Lipinski definition) is 1. The van der Waals surface area contributed by atoms with Gasteiger partial charge in [-0.2, -0.15) is 0 Å². The van der Waals surface area contributed by atoms with Crippen LogP contribution in [-0.2, 0) is 0 Å². The van der Waals surface area contributed by atoms with Crippen LogP contribution in [0.4, 0.5) is 5.69 Å². The zero-order valence-corrected chi connectivity index (χ0v) is 8.94. The topological polar surface area (TPSA) is 69.2 Å². The molecule has 2 N–H and O–H groups in total. The fourth-order valence-corrected chi connectivity index (χ4v) is 1.22. The Morgan fingerprint density at radius 3 is 2.80 bits per heavy atom. The summed E-state index contributed by atoms with van der Waals surface area (Å²) in [6.07, 6.45) is 3.49. The molecule has 1 rings (SSSR count). The summed E-state index contributed by atoms with van der Waals surface area (Å²) in [6.45, 7) is 1.82. The van der Waals surface area contributed by atoms with Crippen molar-refractivity contribution in [3.8, 4) is 0 Å². The monoisotopic (exact) mass is 226 g/mol. The minimum Gasteiger partial charge on any atom is -0.325 e. The predicted octanol–water partition coefficient (Wildman–Crippen LogP) is 2.61. The van der Waals surface area contributed by atoms with Gasteiger partial charge in [0.2, 0.25) is 0 Å². The van der Waals surface area contributed by atoms with Gasteiger partial charge in [-0.3, -0.25) is 10.1 Å². The van der Waals surface area contributed by atoms with E-state index in [1.165, 1.54) is 12.1 Å². The second-order valence-corrected chi connectivity index (χ2v) is 3.59. The second-order valence-electron chi connectivity index (χ2n) is 3.19. The van der Waals surface area contributed by atoms with E-state index in [1.54, 1.807) is 18.2 Å². The maximum absolute atomic E-state index is 10.6. The first-order valence-electron chi connectivity index (χ1n) is 4.38. The molecular formula is C10H11ClN2O2. The van der Waals surface area contributed by atoms with E-state index in [2.05, 4.69) is 0 Å². The van der Waals surface area contributed by atoms with Gasteiger partial charge in [-0.05, 0) is 18.6 Å². The summed E-state index contributed by atoms with van der Waals surface area (Å²) in [5.41, 5.74) is 6.14. The third kappa shape index (κ3) is 3.34. The third-order valence-corrected chi connectivity index (χ3v) is 2.08. The summed E-state index contributed by atoms with van der Waals surface area (Å²) in [5, 5.41) is 10.7. The van der Waals surface area contributed by atoms with Crippen LogP contribution in [-0.4, -0.2) is 11.0 Å². The Balaban J connectivity index is 3.03. The number of hydrogen-bond acceptors (Lipinski definition) is 3. The molecule has 5 heteroatoms. The first kappa shape index (κ1) is 11.7. The quantitative estimate of drug-likeness (QED) is 0.636. The molecule has 0 aromatic heterocycles. The Kier molecular flexibility index (Phi) is 3.82. The Morgan fingerprint density at radius 2 is 2.27 bits per heavy atom. The normalized spacial score (nSPS) is 13.0. The van der Waals surface area contributed by atoms with Crippen LogP contribution in [0.1, 0.15) is 12.5 Å². The molecule has 0 fully saturated rings. The number of nitro benzene ring substituents is 1. The smallest absolute Gasteiger partial charge is 0.288 e. The summed E-state index contributed by atoms with van der Waals surface area (Å²) in [4.78, 5) is 10.1. The minimum atomic E-state index is -0.508. The molecule has 0 amide bonds. The van der Waals surface area contributed by atoms with Crippen molar-refractivity contribution >= 4 is 23.4 Å². The Labute approximate surface area is 92.5 Å². The number of nitrogens with two attached hydrogens (primary N) is 1. The maximum Gasteiger partial charge on any atom is 0.288 e. The molecule has 80 valence electrons. The van der Waals surface area contributed by atoms with Crippen LogP contribution in [0.5, 0.6) is 0 Å². The minimum absolute atomic E-state index is 0.0836. The van der Waals surface area contributed by atoms with E-state index >= 15 is 0 Å². The van der Waals surface area contributed by atoms with Crippen LogP contribution in [0, 0.1) is 10.1 Å². The Morgan fingerprint density at radius 1 is 1.60 bits per heavy atom. The highest BCUT2D eigenvalue weighted by molar-refractivity contribution is 6.32. The predicted molar refractivity (Wildman–Crippen MR) is 60.8 cm³/mol. The van der Waals surface area contributed by atoms with Crippen molar-refractivity contribution in [2.75, 3.05) is 0 Å². The first-order valence-corrected chi connectivity index (χ1v) is 4.76. The van der Waals surface area contributed by atoms with Gasteiger partial charge < -0.3 is 5.73 Å². The number of nitrogens with zero attached hydrogens (tertiary/aromatic N) is 1. The fourth-order valence-electron chi connectivity index (χ4n) is 1.04. The average molecular weight is 227 g/mol. The first-order chi connectivity index (χ1) is 7.00. The van der Waals surface area contributed by atoms with Crippen molar-refractivity contribution in [2.45, 2.75) is 13.0 Å². The lowest BCUT2D eigenvalue weighted by molar-refractivity contribution is -0.384. The van der Waals surface area contributed by atoms with Crippen molar-refractivity contribution in [2.24, 2.45) is 5.73 Å². The standard InChI is InChI=1S/C10H11ClN2O2/c1-7(12)2-3-8-4-5-9(11)10(6-8)13(14)15/h2-7H,12H2,1H3/b3-2+. The Bertz CT molecular complexity index is 402. The summed E-state index contributed by atoms with van der Waals surface area (Å²) >= 11 is 5.66. The lowest BCUT2D eigenvalue weighted by Gasteiger charge is -1.98. The summed E-state index contributed by atoms with van der Waals surface area (Å²) < 4.78 is 0. The van der Waals surface area contributed by atoms with E-state index < -0.39 is 4.92 Å². The van der Waals surface area contributed by atoms with E-state index in [9.17, 15) is 10.1 Å². The van der Waals surface area contributed by atoms with Crippen molar-refractivity contribution in [1.29, 1.82) is 0 Å². The van der Waals surface area contributed by atoms with E-state index in [0.29, 0.717) is 5.56 Å². The number of halogens is 1. The molecule has 0 spiro atoms. The van der Waals surface area contributed by atoms with Gasteiger partial charge in [0.15, 0.2) is 0 Å². The van der Waals surface area contributed by atoms with E-state index in [4.69, 9.17) is 17.3 Å². The van der Waals surface area contributed by atoms with Crippen molar-refractivity contribution in [3.05, 3.63) is 45.0 Å². The SMILES string of the molecule is CC(N)/C=C/c1ccc(Cl)c([N+](=O)[O-])c1. The van der Waals surface area contributed by atoms with Crippen LogP contribution in [0.25, 0.3) is 6.08 Å². The van der Waals surface area contributed by atoms with Crippen molar-refractivity contribution < 1.29 is 4.92 Å². The van der Waals surface area contributed by atoms with Gasteiger partial charge in [0.1, 0.15) is 5.02 Å². The molecule has 0 aliphatic rings. The molecule has 1 aromatic rings. The highest BCUT2D eigenvalue weighted by atomic mass is 35.5. The molecule has 0 aliphatic heterocycles. The van der Waals surface area contributed by atoms with Gasteiger partial charge in [-0.25, -0.2) is 0 Å². The zero-order valence-electron chi connectivity index (χ0n) is 8.18.